The normalized spacial score (nSPS) is 28.5. The molecule has 1 radical (unpaired) electrons. The van der Waals surface area contributed by atoms with Gasteiger partial charge in [0.05, 0.1) is 25.5 Å². The maximum atomic E-state index is 15.0. The summed E-state index contributed by atoms with van der Waals surface area (Å²) in [5.41, 5.74) is 2.57. The van der Waals surface area contributed by atoms with E-state index in [1.54, 1.807) is 31.0 Å². The van der Waals surface area contributed by atoms with Gasteiger partial charge in [0.1, 0.15) is 17.9 Å². The van der Waals surface area contributed by atoms with Crippen LogP contribution in [0.4, 0.5) is 0 Å². The predicted octanol–water partition coefficient (Wildman–Crippen LogP) is 3.90. The van der Waals surface area contributed by atoms with Gasteiger partial charge in [-0.2, -0.15) is 0 Å². The van der Waals surface area contributed by atoms with Crippen molar-refractivity contribution in [3.05, 3.63) is 62.7 Å². The molecule has 0 saturated carbocycles. The fraction of sp³-hybridized carbons (Fsp3) is 0.459. The number of nitrogens with zero attached hydrogens (tertiary/aromatic N) is 2. The average molecular weight is 964 g/mol. The van der Waals surface area contributed by atoms with Crippen LogP contribution in [0.25, 0.3) is 0 Å². The zero-order chi connectivity index (χ0) is 37.0. The number of hydrogen-bond acceptors (Lipinski definition) is 14. The molecule has 5 N–H and O–H groups in total. The van der Waals surface area contributed by atoms with Gasteiger partial charge in [-0.15, -0.1) is 11.8 Å². The van der Waals surface area contributed by atoms with Crippen LogP contribution in [0.5, 0.6) is 40.2 Å². The number of carbonyl (C=O) groups excluding carboxylic acids is 2. The Labute approximate surface area is 346 Å². The van der Waals surface area contributed by atoms with Gasteiger partial charge >= 0.3 is 18.1 Å². The number of ether oxygens (including phenoxy) is 5. The van der Waals surface area contributed by atoms with Crippen LogP contribution in [0.1, 0.15) is 69.0 Å². The molecule has 14 nitrogen and oxygen atoms in total. The average Bonchev–Trinajstić information content (AvgIpc) is 3.63. The minimum atomic E-state index is -1.71. The van der Waals surface area contributed by atoms with E-state index in [9.17, 15) is 30.1 Å². The number of likely N-dealkylation sites (N-methyl/N-ethyl adjacent to an activating group) is 1. The number of rotatable bonds is 4. The molecule has 1 amide bonds. The van der Waals surface area contributed by atoms with Crippen LogP contribution in [0.3, 0.4) is 0 Å². The number of amides is 1. The molecule has 9 rings (SSSR count). The number of carbonyl (C=O) groups is 2. The van der Waals surface area contributed by atoms with E-state index in [0.717, 1.165) is 11.1 Å². The molecule has 279 valence electrons. The number of phenols is 3. The van der Waals surface area contributed by atoms with E-state index in [4.69, 9.17) is 23.7 Å². The Bertz CT molecular complexity index is 2070. The largest absolute Gasteiger partial charge is 0.507 e. The van der Waals surface area contributed by atoms with Gasteiger partial charge in [0.25, 0.3) is 0 Å². The number of quaternary nitrogens is 1. The molecule has 16 heteroatoms. The van der Waals surface area contributed by atoms with E-state index in [2.05, 4.69) is 5.32 Å². The van der Waals surface area contributed by atoms with E-state index >= 15 is 0 Å². The second kappa shape index (κ2) is 13.7. The van der Waals surface area contributed by atoms with Crippen LogP contribution in [-0.2, 0) is 32.7 Å². The molecular formula is C37H42AcN3O11S+. The van der Waals surface area contributed by atoms with Gasteiger partial charge in [0.15, 0.2) is 46.1 Å². The van der Waals surface area contributed by atoms with Gasteiger partial charge in [0, 0.05) is 73.1 Å². The zero-order valence-electron chi connectivity index (χ0n) is 30.3. The number of benzene rings is 3. The molecule has 6 atom stereocenters. The summed E-state index contributed by atoms with van der Waals surface area (Å²) in [6, 6.07) is 3.14. The Kier molecular flexibility index (Phi) is 9.87. The maximum Gasteiger partial charge on any atom is 0.363 e. The predicted molar refractivity (Wildman–Crippen MR) is 186 cm³/mol. The van der Waals surface area contributed by atoms with Crippen molar-refractivity contribution in [3.63, 3.8) is 0 Å². The topological polar surface area (TPSA) is 176 Å². The molecular weight excluding hydrogens is 921 g/mol. The van der Waals surface area contributed by atoms with E-state index in [-0.39, 0.29) is 109 Å². The summed E-state index contributed by atoms with van der Waals surface area (Å²) in [5.74, 6) is -0.885. The van der Waals surface area contributed by atoms with Crippen molar-refractivity contribution in [3.8, 4) is 40.2 Å². The number of nitrogens with one attached hydrogen (secondary N) is 1. The standard InChI is InChI=1S/C37H41N3O11S.Ac/c1-7-18-10-16(2)31(48-6)30(44)24(18)27-28-34-25-26(33-32(49-15-50-33)17(3)29(25)43)35(40(28,46)23(42)13-39(27)4)51-36(45)37(14-52-34)20-12-22(47-5)21(41)11-19(20)8-9-38-37;/h10-12,27-28,34-35,38,46H,7-9,13-15H2,1-6H3,(H2-,41,43,44);/p+1/t27?,28?,34?,35?,37-,40?;/m1./s1. The number of phenolic OH excluding ortho intramolecular Hbond substituents is 3. The van der Waals surface area contributed by atoms with E-state index < -0.39 is 45.6 Å². The van der Waals surface area contributed by atoms with Gasteiger partial charge in [-0.3, -0.25) is 10.2 Å². The smallest absolute Gasteiger partial charge is 0.363 e. The fourth-order valence-corrected chi connectivity index (χ4v) is 10.8. The summed E-state index contributed by atoms with van der Waals surface area (Å²) >= 11 is 1.28. The van der Waals surface area contributed by atoms with Crippen molar-refractivity contribution in [1.29, 1.82) is 0 Å². The summed E-state index contributed by atoms with van der Waals surface area (Å²) in [6.45, 7) is 5.40. The first-order valence-corrected chi connectivity index (χ1v) is 18.3. The molecule has 3 aromatic carbocycles. The summed E-state index contributed by atoms with van der Waals surface area (Å²) in [5, 5.41) is 50.4. The Hall–Kier alpha value is -2.97. The molecule has 1 spiro atoms. The number of hydroxylamine groups is 3. The summed E-state index contributed by atoms with van der Waals surface area (Å²) in [7, 11) is 4.64. The molecule has 6 heterocycles. The van der Waals surface area contributed by atoms with Gasteiger partial charge in [-0.25, -0.2) is 14.8 Å². The number of fused-ring (bicyclic) bond motifs is 4. The number of hydrogen-bond donors (Lipinski definition) is 5. The summed E-state index contributed by atoms with van der Waals surface area (Å²) in [4.78, 5) is 31.3. The molecule has 0 aliphatic carbocycles. The number of aromatic hydroxyl groups is 3. The van der Waals surface area contributed by atoms with Crippen LogP contribution < -0.4 is 24.3 Å². The second-order valence-electron chi connectivity index (χ2n) is 14.1. The zero-order valence-corrected chi connectivity index (χ0v) is 35.9. The van der Waals surface area contributed by atoms with Gasteiger partial charge in [0.2, 0.25) is 6.79 Å². The third-order valence-corrected chi connectivity index (χ3v) is 13.0. The number of thioether (sulfide) groups is 1. The molecule has 0 aromatic heterocycles. The van der Waals surface area contributed by atoms with E-state index in [1.807, 2.05) is 19.9 Å². The molecule has 2 bridgehead atoms. The maximum absolute atomic E-state index is 15.0. The fourth-order valence-electron chi connectivity index (χ4n) is 9.07. The molecule has 3 aromatic rings. The van der Waals surface area contributed by atoms with Gasteiger partial charge < -0.3 is 39.0 Å². The molecule has 53 heavy (non-hydrogen) atoms. The minimum absolute atomic E-state index is 0. The molecule has 6 aliphatic heterocycles. The van der Waals surface area contributed by atoms with Gasteiger partial charge in [-0.05, 0) is 68.1 Å². The minimum Gasteiger partial charge on any atom is -0.507 e. The van der Waals surface area contributed by atoms with Crippen LogP contribution in [0.2, 0.25) is 0 Å². The first-order valence-electron chi connectivity index (χ1n) is 17.2. The van der Waals surface area contributed by atoms with Crippen LogP contribution in [0, 0.1) is 57.9 Å². The Morgan fingerprint density at radius 1 is 1.04 bits per heavy atom. The molecule has 6 aliphatic rings. The van der Waals surface area contributed by atoms with Gasteiger partial charge in [-0.1, -0.05) is 17.6 Å². The Morgan fingerprint density at radius 2 is 1.77 bits per heavy atom. The Morgan fingerprint density at radius 3 is 2.47 bits per heavy atom. The number of esters is 1. The summed E-state index contributed by atoms with van der Waals surface area (Å²) < 4.78 is 28.0. The van der Waals surface area contributed by atoms with E-state index in [0.29, 0.717) is 47.2 Å². The summed E-state index contributed by atoms with van der Waals surface area (Å²) in [6.07, 6.45) is -0.699. The Balaban J connectivity index is 0.00000435. The number of aryl methyl sites for hydroxylation is 2. The van der Waals surface area contributed by atoms with Crippen LogP contribution in [-0.4, -0.2) is 94.9 Å². The first-order chi connectivity index (χ1) is 24.8. The van der Waals surface area contributed by atoms with Crippen molar-refractivity contribution in [1.82, 2.24) is 10.2 Å². The van der Waals surface area contributed by atoms with Crippen LogP contribution >= 0.6 is 11.8 Å². The quantitative estimate of drug-likeness (QED) is 0.145. The number of methoxy groups -OCH3 is 2. The monoisotopic (exact) mass is 963 g/mol. The third-order valence-electron chi connectivity index (χ3n) is 11.5. The number of piperazine rings is 1. The van der Waals surface area contributed by atoms with E-state index in [1.165, 1.54) is 26.0 Å². The third kappa shape index (κ3) is 5.23. The molecule has 5 unspecified atom stereocenters. The SMILES string of the molecule is CCc1cc(C)c(OC)c(O)c1C1C2C3SC[C@]4(NCCc5cc(O)c(OC)cc54)C(=O)OC(c4c5c(c(C)c(O)c43)OCO5)[N+]2(O)C(=O)CN1C.[Ac]. The molecule has 2 saturated heterocycles. The second-order valence-corrected chi connectivity index (χ2v) is 15.2. The van der Waals surface area contributed by atoms with Crippen molar-refractivity contribution < 1.29 is 103 Å². The molecule has 2 fully saturated rings. The van der Waals surface area contributed by atoms with Crippen molar-refractivity contribution in [2.24, 2.45) is 0 Å². The van der Waals surface area contributed by atoms with Crippen molar-refractivity contribution in [2.75, 3.05) is 46.9 Å². The van der Waals surface area contributed by atoms with Crippen molar-refractivity contribution >= 4 is 23.6 Å². The first kappa shape index (κ1) is 38.3. The van der Waals surface area contributed by atoms with Crippen molar-refractivity contribution in [2.45, 2.75) is 62.7 Å². The van der Waals surface area contributed by atoms with Crippen LogP contribution in [0.15, 0.2) is 18.2 Å².